The first-order valence-electron chi connectivity index (χ1n) is 5.62. The van der Waals surface area contributed by atoms with E-state index in [4.69, 9.17) is 0 Å². The summed E-state index contributed by atoms with van der Waals surface area (Å²) >= 11 is 0. The molecule has 2 aromatic carbocycles. The molecular weight excluding hydrogens is 196 g/mol. The molecule has 0 radical (unpaired) electrons. The van der Waals surface area contributed by atoms with Crippen LogP contribution in [0.3, 0.4) is 0 Å². The highest BCUT2D eigenvalue weighted by atomic mass is 16.3. The first-order valence-corrected chi connectivity index (χ1v) is 5.62. The van der Waals surface area contributed by atoms with E-state index in [1.807, 2.05) is 6.07 Å². The molecule has 0 aromatic heterocycles. The maximum atomic E-state index is 9.55. The Morgan fingerprint density at radius 1 is 1.00 bits per heavy atom. The molecule has 0 bridgehead atoms. The summed E-state index contributed by atoms with van der Waals surface area (Å²) in [6.45, 7) is 2.28. The Morgan fingerprint density at radius 2 is 1.75 bits per heavy atom. The van der Waals surface area contributed by atoms with Gasteiger partial charge in [0.05, 0.1) is 6.61 Å². The maximum Gasteiger partial charge on any atom is 0.0540 e. The van der Waals surface area contributed by atoms with Gasteiger partial charge in [-0.3, -0.25) is 0 Å². The van der Waals surface area contributed by atoms with Gasteiger partial charge in [-0.1, -0.05) is 48.0 Å². The average molecular weight is 210 g/mol. The molecule has 1 heteroatoms. The van der Waals surface area contributed by atoms with Crippen LogP contribution in [0, 0.1) is 6.92 Å². The first kappa shape index (κ1) is 9.61. The number of hydrogen-bond acceptors (Lipinski definition) is 1. The minimum atomic E-state index is 0.158. The summed E-state index contributed by atoms with van der Waals surface area (Å²) < 4.78 is 0. The largest absolute Gasteiger partial charge is 0.395 e. The predicted molar refractivity (Wildman–Crippen MR) is 65.5 cm³/mol. The van der Waals surface area contributed by atoms with Crippen molar-refractivity contribution in [2.75, 3.05) is 6.61 Å². The number of aliphatic hydroxyl groups excluding tert-OH is 1. The summed E-state index contributed by atoms with van der Waals surface area (Å²) in [5.41, 5.74) is 6.33. The zero-order valence-corrected chi connectivity index (χ0v) is 9.27. The Morgan fingerprint density at radius 3 is 2.56 bits per heavy atom. The Kier molecular flexibility index (Phi) is 2.08. The van der Waals surface area contributed by atoms with Crippen LogP contribution >= 0.6 is 0 Å². The maximum absolute atomic E-state index is 9.55. The van der Waals surface area contributed by atoms with Crippen LogP contribution in [0.5, 0.6) is 0 Å². The van der Waals surface area contributed by atoms with Gasteiger partial charge in [0.1, 0.15) is 0 Å². The highest BCUT2D eigenvalue weighted by molar-refractivity contribution is 5.79. The predicted octanol–water partition coefficient (Wildman–Crippen LogP) is 3.10. The van der Waals surface area contributed by atoms with E-state index in [2.05, 4.69) is 43.3 Å². The molecule has 2 aromatic rings. The van der Waals surface area contributed by atoms with Crippen LogP contribution in [-0.2, 0) is 0 Å². The zero-order chi connectivity index (χ0) is 11.1. The van der Waals surface area contributed by atoms with Gasteiger partial charge < -0.3 is 5.11 Å². The monoisotopic (exact) mass is 210 g/mol. The molecule has 0 saturated carbocycles. The second kappa shape index (κ2) is 3.46. The van der Waals surface area contributed by atoms with E-state index in [0.717, 1.165) is 0 Å². The summed E-state index contributed by atoms with van der Waals surface area (Å²) in [5, 5.41) is 9.55. The van der Waals surface area contributed by atoms with Crippen LogP contribution < -0.4 is 0 Å². The van der Waals surface area contributed by atoms with Crippen LogP contribution in [-0.4, -0.2) is 11.7 Å². The van der Waals surface area contributed by atoms with E-state index in [9.17, 15) is 5.11 Å². The van der Waals surface area contributed by atoms with E-state index in [0.29, 0.717) is 0 Å². The van der Waals surface area contributed by atoms with Crippen molar-refractivity contribution >= 4 is 0 Å². The fraction of sp³-hybridized carbons (Fsp3) is 0.200. The van der Waals surface area contributed by atoms with Crippen LogP contribution in [0.15, 0.2) is 42.5 Å². The van der Waals surface area contributed by atoms with Gasteiger partial charge in [0.25, 0.3) is 0 Å². The van der Waals surface area contributed by atoms with Crippen LogP contribution in [0.1, 0.15) is 22.6 Å². The standard InChI is InChI=1S/C15H14O/c1-10-6-7-13-11-4-2-3-5-12(11)15(9-16)14(13)8-10/h2-8,15-16H,9H2,1H3. The van der Waals surface area contributed by atoms with Gasteiger partial charge >= 0.3 is 0 Å². The summed E-state index contributed by atoms with van der Waals surface area (Å²) in [4.78, 5) is 0. The van der Waals surface area contributed by atoms with Gasteiger partial charge in [0.15, 0.2) is 0 Å². The number of aryl methyl sites for hydroxylation is 1. The fourth-order valence-electron chi connectivity index (χ4n) is 2.63. The third kappa shape index (κ3) is 1.22. The summed E-state index contributed by atoms with van der Waals surface area (Å²) in [7, 11) is 0. The highest BCUT2D eigenvalue weighted by Crippen LogP contribution is 2.44. The SMILES string of the molecule is Cc1ccc2c(c1)C(CO)c1ccccc1-2. The lowest BCUT2D eigenvalue weighted by Crippen LogP contribution is -2.01. The fourth-order valence-corrected chi connectivity index (χ4v) is 2.63. The van der Waals surface area contributed by atoms with Gasteiger partial charge in [-0.05, 0) is 29.2 Å². The molecule has 1 aliphatic carbocycles. The van der Waals surface area contributed by atoms with Crippen LogP contribution in [0.4, 0.5) is 0 Å². The van der Waals surface area contributed by atoms with Crippen molar-refractivity contribution in [2.24, 2.45) is 0 Å². The second-order valence-electron chi connectivity index (χ2n) is 4.41. The smallest absolute Gasteiger partial charge is 0.0540 e. The highest BCUT2D eigenvalue weighted by Gasteiger charge is 2.27. The van der Waals surface area contributed by atoms with Crippen molar-refractivity contribution in [2.45, 2.75) is 12.8 Å². The van der Waals surface area contributed by atoms with Crippen molar-refractivity contribution in [3.05, 3.63) is 59.2 Å². The molecule has 16 heavy (non-hydrogen) atoms. The second-order valence-corrected chi connectivity index (χ2v) is 4.41. The van der Waals surface area contributed by atoms with Gasteiger partial charge in [-0.2, -0.15) is 0 Å². The quantitative estimate of drug-likeness (QED) is 0.766. The minimum Gasteiger partial charge on any atom is -0.395 e. The number of benzene rings is 2. The van der Waals surface area contributed by atoms with Gasteiger partial charge in [-0.25, -0.2) is 0 Å². The van der Waals surface area contributed by atoms with Crippen molar-refractivity contribution in [3.63, 3.8) is 0 Å². The molecule has 0 heterocycles. The first-order chi connectivity index (χ1) is 7.81. The van der Waals surface area contributed by atoms with Crippen LogP contribution in [0.2, 0.25) is 0 Å². The third-order valence-corrected chi connectivity index (χ3v) is 3.39. The molecule has 0 fully saturated rings. The zero-order valence-electron chi connectivity index (χ0n) is 9.27. The molecule has 3 rings (SSSR count). The lowest BCUT2D eigenvalue weighted by molar-refractivity contribution is 0.282. The lowest BCUT2D eigenvalue weighted by Gasteiger charge is -2.09. The molecule has 80 valence electrons. The third-order valence-electron chi connectivity index (χ3n) is 3.39. The van der Waals surface area contributed by atoms with E-state index in [1.54, 1.807) is 0 Å². The van der Waals surface area contributed by atoms with Crippen molar-refractivity contribution in [1.82, 2.24) is 0 Å². The number of aliphatic hydroxyl groups is 1. The van der Waals surface area contributed by atoms with Crippen molar-refractivity contribution < 1.29 is 5.11 Å². The van der Waals surface area contributed by atoms with E-state index >= 15 is 0 Å². The molecule has 0 spiro atoms. The Hall–Kier alpha value is -1.60. The summed E-state index contributed by atoms with van der Waals surface area (Å²) in [5.74, 6) is 0.158. The Labute approximate surface area is 95.4 Å². The Balaban J connectivity index is 2.29. The van der Waals surface area contributed by atoms with Crippen LogP contribution in [0.25, 0.3) is 11.1 Å². The molecule has 0 aliphatic heterocycles. The molecule has 1 nitrogen and oxygen atoms in total. The van der Waals surface area contributed by atoms with Crippen molar-refractivity contribution in [1.29, 1.82) is 0 Å². The molecule has 1 atom stereocenters. The van der Waals surface area contributed by atoms with Gasteiger partial charge in [-0.15, -0.1) is 0 Å². The normalized spacial score (nSPS) is 17.0. The average Bonchev–Trinajstić information content (AvgIpc) is 2.61. The van der Waals surface area contributed by atoms with E-state index in [-0.39, 0.29) is 12.5 Å². The lowest BCUT2D eigenvalue weighted by atomic mass is 9.97. The number of fused-ring (bicyclic) bond motifs is 3. The molecule has 1 N–H and O–H groups in total. The Bertz CT molecular complexity index is 543. The minimum absolute atomic E-state index is 0.158. The topological polar surface area (TPSA) is 20.2 Å². The summed E-state index contributed by atoms with van der Waals surface area (Å²) in [6.07, 6.45) is 0. The molecule has 0 saturated heterocycles. The number of hydrogen-bond donors (Lipinski definition) is 1. The summed E-state index contributed by atoms with van der Waals surface area (Å²) in [6, 6.07) is 14.8. The molecule has 1 aliphatic rings. The van der Waals surface area contributed by atoms with Gasteiger partial charge in [0, 0.05) is 5.92 Å². The number of rotatable bonds is 1. The molecule has 0 amide bonds. The van der Waals surface area contributed by atoms with Gasteiger partial charge in [0.2, 0.25) is 0 Å². The van der Waals surface area contributed by atoms with Crippen molar-refractivity contribution in [3.8, 4) is 11.1 Å². The molecular formula is C15H14O. The van der Waals surface area contributed by atoms with E-state index in [1.165, 1.54) is 27.8 Å². The van der Waals surface area contributed by atoms with E-state index < -0.39 is 0 Å². The molecule has 1 unspecified atom stereocenters.